The normalized spacial score (nSPS) is 23.3. The molecule has 1 aromatic rings. The van der Waals surface area contributed by atoms with Crippen LogP contribution in [0.2, 0.25) is 0 Å². The van der Waals surface area contributed by atoms with Gasteiger partial charge in [0.15, 0.2) is 0 Å². The summed E-state index contributed by atoms with van der Waals surface area (Å²) in [6.45, 7) is 5.74. The van der Waals surface area contributed by atoms with Gasteiger partial charge in [0, 0.05) is 45.5 Å². The molecule has 0 unspecified atom stereocenters. The van der Waals surface area contributed by atoms with Gasteiger partial charge in [-0.05, 0) is 6.42 Å². The fraction of sp³-hybridized carbons (Fsp3) is 0.714. The predicted molar refractivity (Wildman–Crippen MR) is 94.0 cm³/mol. The molecule has 0 bridgehead atoms. The number of nitrogens with zero attached hydrogens (tertiary/aromatic N) is 4. The van der Waals surface area contributed by atoms with E-state index in [4.69, 9.17) is 4.74 Å². The van der Waals surface area contributed by atoms with Gasteiger partial charge >= 0.3 is 0 Å². The lowest BCUT2D eigenvalue weighted by Gasteiger charge is -2.25. The second-order valence-corrected chi connectivity index (χ2v) is 5.64. The zero-order chi connectivity index (χ0) is 14.1. The number of aryl methyl sites for hydroxylation is 1. The first-order valence-corrected chi connectivity index (χ1v) is 7.32. The van der Waals surface area contributed by atoms with E-state index in [1.165, 1.54) is 0 Å². The summed E-state index contributed by atoms with van der Waals surface area (Å²) in [7, 11) is 3.96. The number of nitrogens with one attached hydrogen (secondary N) is 1. The topological polar surface area (TPSA) is 53.5 Å². The van der Waals surface area contributed by atoms with E-state index in [9.17, 15) is 0 Å². The summed E-state index contributed by atoms with van der Waals surface area (Å²) in [5.41, 5.74) is 1.09. The van der Waals surface area contributed by atoms with Crippen LogP contribution in [0.5, 0.6) is 0 Å². The lowest BCUT2D eigenvalue weighted by molar-refractivity contribution is 0.0212. The van der Waals surface area contributed by atoms with Gasteiger partial charge < -0.3 is 19.9 Å². The second kappa shape index (κ2) is 8.15. The molecule has 1 N–H and O–H groups in total. The molecule has 2 saturated heterocycles. The molecule has 2 fully saturated rings. The lowest BCUT2D eigenvalue weighted by atomic mass is 10.2. The van der Waals surface area contributed by atoms with Crippen molar-refractivity contribution < 1.29 is 4.74 Å². The van der Waals surface area contributed by atoms with Gasteiger partial charge in [-0.3, -0.25) is 0 Å². The Labute approximate surface area is 144 Å². The van der Waals surface area contributed by atoms with E-state index in [2.05, 4.69) is 33.2 Å². The molecule has 0 radical (unpaired) electrons. The maximum absolute atomic E-state index is 5.83. The van der Waals surface area contributed by atoms with Crippen LogP contribution >= 0.6 is 24.8 Å². The summed E-state index contributed by atoms with van der Waals surface area (Å²) in [4.78, 5) is 13.5. The minimum Gasteiger partial charge on any atom is -0.373 e. The van der Waals surface area contributed by atoms with E-state index < -0.39 is 0 Å². The highest BCUT2D eigenvalue weighted by atomic mass is 35.5. The van der Waals surface area contributed by atoms with Crippen LogP contribution in [-0.4, -0.2) is 62.5 Å². The fourth-order valence-electron chi connectivity index (χ4n) is 2.79. The van der Waals surface area contributed by atoms with Crippen LogP contribution in [0.15, 0.2) is 6.07 Å². The molecule has 0 aliphatic carbocycles. The maximum atomic E-state index is 5.83. The van der Waals surface area contributed by atoms with Crippen molar-refractivity contribution in [3.8, 4) is 0 Å². The standard InChI is InChI=1S/C14H23N5O.2ClH/c1-4-10-7-13(17-14(16-10)18(2)3)19-8-11-12(9-19)20-6-5-15-11;;/h7,11-12,15H,4-6,8-9H2,1-3H3;2*1H/t11-,12-;;/m0../s1. The molecule has 6 nitrogen and oxygen atoms in total. The number of fused-ring (bicyclic) bond motifs is 1. The van der Waals surface area contributed by atoms with Crippen LogP contribution in [-0.2, 0) is 11.2 Å². The third-order valence-electron chi connectivity index (χ3n) is 3.95. The van der Waals surface area contributed by atoms with Crippen molar-refractivity contribution in [2.24, 2.45) is 0 Å². The average molecular weight is 350 g/mol. The van der Waals surface area contributed by atoms with Crippen LogP contribution in [0.25, 0.3) is 0 Å². The molecule has 1 aromatic heterocycles. The van der Waals surface area contributed by atoms with Crippen molar-refractivity contribution in [3.63, 3.8) is 0 Å². The molecule has 0 saturated carbocycles. The molecule has 0 spiro atoms. The largest absolute Gasteiger partial charge is 0.373 e. The van der Waals surface area contributed by atoms with E-state index in [1.54, 1.807) is 0 Å². The highest BCUT2D eigenvalue weighted by Crippen LogP contribution is 2.24. The van der Waals surface area contributed by atoms with Crippen LogP contribution < -0.4 is 15.1 Å². The Morgan fingerprint density at radius 3 is 2.73 bits per heavy atom. The Balaban J connectivity index is 0.00000121. The highest BCUT2D eigenvalue weighted by molar-refractivity contribution is 5.85. The lowest BCUT2D eigenvalue weighted by Crippen LogP contribution is -2.47. The van der Waals surface area contributed by atoms with E-state index in [0.717, 1.165) is 50.1 Å². The molecule has 3 heterocycles. The van der Waals surface area contributed by atoms with Crippen molar-refractivity contribution in [2.75, 3.05) is 50.1 Å². The Bertz CT molecular complexity index is 474. The summed E-state index contributed by atoms with van der Waals surface area (Å²) in [6, 6.07) is 2.52. The minimum atomic E-state index is 0. The number of rotatable bonds is 3. The van der Waals surface area contributed by atoms with E-state index in [0.29, 0.717) is 6.04 Å². The van der Waals surface area contributed by atoms with Gasteiger partial charge in [0.25, 0.3) is 0 Å². The average Bonchev–Trinajstić information content (AvgIpc) is 2.90. The second-order valence-electron chi connectivity index (χ2n) is 5.64. The quantitative estimate of drug-likeness (QED) is 0.882. The van der Waals surface area contributed by atoms with Crippen molar-refractivity contribution in [1.82, 2.24) is 15.3 Å². The first-order valence-electron chi connectivity index (χ1n) is 7.32. The zero-order valence-electron chi connectivity index (χ0n) is 13.3. The van der Waals surface area contributed by atoms with Gasteiger partial charge in [-0.25, -0.2) is 4.98 Å². The Hall–Kier alpha value is -0.820. The number of morpholine rings is 1. The molecule has 8 heteroatoms. The number of hydrogen-bond donors (Lipinski definition) is 1. The number of anilines is 2. The highest BCUT2D eigenvalue weighted by Gasteiger charge is 2.36. The van der Waals surface area contributed by atoms with Crippen LogP contribution in [0, 0.1) is 0 Å². The van der Waals surface area contributed by atoms with E-state index in [1.807, 2.05) is 19.0 Å². The fourth-order valence-corrected chi connectivity index (χ4v) is 2.79. The Morgan fingerprint density at radius 2 is 2.09 bits per heavy atom. The molecular formula is C14H25Cl2N5O. The van der Waals surface area contributed by atoms with Crippen molar-refractivity contribution in [1.29, 1.82) is 0 Å². The van der Waals surface area contributed by atoms with Crippen molar-refractivity contribution in [3.05, 3.63) is 11.8 Å². The maximum Gasteiger partial charge on any atom is 0.227 e. The molecule has 2 aliphatic heterocycles. The van der Waals surface area contributed by atoms with Crippen LogP contribution in [0.1, 0.15) is 12.6 Å². The van der Waals surface area contributed by atoms with E-state index >= 15 is 0 Å². The van der Waals surface area contributed by atoms with Gasteiger partial charge in [-0.15, -0.1) is 24.8 Å². The number of hydrogen-bond acceptors (Lipinski definition) is 6. The third-order valence-corrected chi connectivity index (χ3v) is 3.95. The molecule has 2 atom stereocenters. The van der Waals surface area contributed by atoms with Crippen molar-refractivity contribution in [2.45, 2.75) is 25.5 Å². The number of ether oxygens (including phenoxy) is 1. The van der Waals surface area contributed by atoms with Gasteiger partial charge in [0.2, 0.25) is 5.95 Å². The van der Waals surface area contributed by atoms with Gasteiger partial charge in [-0.2, -0.15) is 4.98 Å². The SMILES string of the molecule is CCc1cc(N2C[C@@H]3NCCO[C@H]3C2)nc(N(C)C)n1.Cl.Cl. The summed E-state index contributed by atoms with van der Waals surface area (Å²) in [5.74, 6) is 1.79. The molecule has 126 valence electrons. The summed E-state index contributed by atoms with van der Waals surface area (Å²) < 4.78 is 5.83. The molecule has 0 amide bonds. The molecular weight excluding hydrogens is 325 g/mol. The molecule has 22 heavy (non-hydrogen) atoms. The predicted octanol–water partition coefficient (Wildman–Crippen LogP) is 1.13. The molecule has 2 aliphatic rings. The molecule has 3 rings (SSSR count). The monoisotopic (exact) mass is 349 g/mol. The van der Waals surface area contributed by atoms with Crippen molar-refractivity contribution >= 4 is 36.6 Å². The van der Waals surface area contributed by atoms with E-state index in [-0.39, 0.29) is 30.9 Å². The minimum absolute atomic E-state index is 0. The van der Waals surface area contributed by atoms with Gasteiger partial charge in [-0.1, -0.05) is 6.92 Å². The van der Waals surface area contributed by atoms with Gasteiger partial charge in [0.05, 0.1) is 18.8 Å². The van der Waals surface area contributed by atoms with Crippen LogP contribution in [0.4, 0.5) is 11.8 Å². The first-order chi connectivity index (χ1) is 9.67. The summed E-state index contributed by atoms with van der Waals surface area (Å²) in [6.07, 6.45) is 1.21. The summed E-state index contributed by atoms with van der Waals surface area (Å²) in [5, 5.41) is 3.53. The first kappa shape index (κ1) is 19.2. The van der Waals surface area contributed by atoms with Gasteiger partial charge in [0.1, 0.15) is 5.82 Å². The zero-order valence-corrected chi connectivity index (χ0v) is 14.9. The van der Waals surface area contributed by atoms with Crippen LogP contribution in [0.3, 0.4) is 0 Å². The Kier molecular flexibility index (Phi) is 7.12. The Morgan fingerprint density at radius 1 is 1.32 bits per heavy atom. The summed E-state index contributed by atoms with van der Waals surface area (Å²) >= 11 is 0. The number of aromatic nitrogens is 2. The third kappa shape index (κ3) is 3.93. The number of halogens is 2. The smallest absolute Gasteiger partial charge is 0.227 e. The molecule has 0 aromatic carbocycles.